The van der Waals surface area contributed by atoms with Crippen molar-refractivity contribution in [2.45, 2.75) is 76.8 Å². The maximum atomic E-state index is 12.0. The van der Waals surface area contributed by atoms with E-state index in [2.05, 4.69) is 41.3 Å². The van der Waals surface area contributed by atoms with E-state index in [1.165, 1.54) is 10.5 Å². The number of thiophene rings is 1. The lowest BCUT2D eigenvalue weighted by Crippen LogP contribution is -2.54. The Morgan fingerprint density at radius 2 is 2.00 bits per heavy atom. The first kappa shape index (κ1) is 24.7. The third-order valence-corrected chi connectivity index (χ3v) is 7.22. The summed E-state index contributed by atoms with van der Waals surface area (Å²) >= 11 is 5.78. The number of rotatable bonds is 7. The minimum Gasteiger partial charge on any atom is -0.479 e. The van der Waals surface area contributed by atoms with E-state index in [1.807, 2.05) is 0 Å². The zero-order valence-electron chi connectivity index (χ0n) is 18.0. The summed E-state index contributed by atoms with van der Waals surface area (Å²) in [7, 11) is 0. The molecule has 6 nitrogen and oxygen atoms in total. The largest absolute Gasteiger partial charge is 0.479 e. The van der Waals surface area contributed by atoms with Gasteiger partial charge in [-0.1, -0.05) is 20.3 Å². The first-order valence-electron chi connectivity index (χ1n) is 10.9. The third-order valence-electron chi connectivity index (χ3n) is 6.00. The van der Waals surface area contributed by atoms with Crippen molar-refractivity contribution >= 4 is 41.7 Å². The van der Waals surface area contributed by atoms with Gasteiger partial charge in [-0.05, 0) is 54.5 Å². The minimum absolute atomic E-state index is 0.0982. The fourth-order valence-corrected chi connectivity index (χ4v) is 5.41. The molecule has 2 fully saturated rings. The molecule has 2 atom stereocenters. The number of hydrogen-bond acceptors (Lipinski definition) is 5. The molecule has 3 rings (SSSR count). The van der Waals surface area contributed by atoms with Gasteiger partial charge in [0.25, 0.3) is 0 Å². The van der Waals surface area contributed by atoms with Gasteiger partial charge in [-0.2, -0.15) is 24.0 Å². The molecule has 1 aromatic heterocycles. The fraction of sp³-hybridized carbons (Fsp3) is 0.682. The summed E-state index contributed by atoms with van der Waals surface area (Å²) in [6.07, 6.45) is 6.73. The number of likely N-dealkylation sites (tertiary alicyclic amines) is 2. The highest BCUT2D eigenvalue weighted by Crippen LogP contribution is 2.34. The Hall–Kier alpha value is -1.54. The zero-order chi connectivity index (χ0) is 22.1. The van der Waals surface area contributed by atoms with Gasteiger partial charge in [-0.15, -0.1) is 0 Å². The predicted octanol–water partition coefficient (Wildman–Crippen LogP) is 4.37. The summed E-state index contributed by atoms with van der Waals surface area (Å²) in [6, 6.07) is 2.51. The van der Waals surface area contributed by atoms with Crippen LogP contribution >= 0.6 is 24.0 Å². The monoisotopic (exact) mass is 454 g/mol. The molecule has 8 heteroatoms. The number of carboxylic acids is 1. The first-order chi connectivity index (χ1) is 14.4. The van der Waals surface area contributed by atoms with Crippen LogP contribution in [0.15, 0.2) is 16.8 Å². The van der Waals surface area contributed by atoms with Gasteiger partial charge in [0, 0.05) is 31.7 Å². The molecule has 0 radical (unpaired) electrons. The molecular formula is C22H34N2O4S2. The highest BCUT2D eigenvalue weighted by Gasteiger charge is 2.48. The fourth-order valence-electron chi connectivity index (χ4n) is 4.24. The van der Waals surface area contributed by atoms with Gasteiger partial charge >= 0.3 is 5.97 Å². The SMILES string of the molecule is CCC(=O)N1CCCC1(CS)C(=O)O.CCCCC(=O)N1CCCC1c1ccsc1. The van der Waals surface area contributed by atoms with E-state index < -0.39 is 11.5 Å². The number of nitrogens with zero attached hydrogens (tertiary/aromatic N) is 2. The van der Waals surface area contributed by atoms with Crippen molar-refractivity contribution in [2.24, 2.45) is 0 Å². The molecule has 0 bridgehead atoms. The Morgan fingerprint density at radius 1 is 1.23 bits per heavy atom. The Bertz CT molecular complexity index is 710. The summed E-state index contributed by atoms with van der Waals surface area (Å²) in [6.45, 7) is 5.36. The predicted molar refractivity (Wildman–Crippen MR) is 123 cm³/mol. The molecule has 168 valence electrons. The van der Waals surface area contributed by atoms with Crippen LogP contribution in [0.1, 0.15) is 76.8 Å². The van der Waals surface area contributed by atoms with Gasteiger partial charge in [-0.25, -0.2) is 4.79 Å². The van der Waals surface area contributed by atoms with Crippen molar-refractivity contribution < 1.29 is 19.5 Å². The van der Waals surface area contributed by atoms with Gasteiger partial charge in [0.05, 0.1) is 6.04 Å². The second-order valence-electron chi connectivity index (χ2n) is 7.90. The molecule has 0 spiro atoms. The van der Waals surface area contributed by atoms with Crippen LogP contribution in [-0.2, 0) is 14.4 Å². The molecule has 2 aliphatic rings. The van der Waals surface area contributed by atoms with Crippen molar-refractivity contribution in [1.29, 1.82) is 0 Å². The molecule has 1 aromatic rings. The Kier molecular flexibility index (Phi) is 9.68. The molecule has 2 saturated heterocycles. The lowest BCUT2D eigenvalue weighted by molar-refractivity contribution is -0.154. The molecule has 0 aliphatic carbocycles. The van der Waals surface area contributed by atoms with E-state index in [0.717, 1.165) is 45.1 Å². The molecular weight excluding hydrogens is 420 g/mol. The molecule has 3 heterocycles. The van der Waals surface area contributed by atoms with Crippen molar-refractivity contribution in [3.8, 4) is 0 Å². The average Bonchev–Trinajstić information content (AvgIpc) is 3.50. The molecule has 2 amide bonds. The van der Waals surface area contributed by atoms with Gasteiger partial charge in [-0.3, -0.25) is 9.59 Å². The van der Waals surface area contributed by atoms with E-state index in [1.54, 1.807) is 18.3 Å². The van der Waals surface area contributed by atoms with Gasteiger partial charge in [0.1, 0.15) is 5.54 Å². The summed E-state index contributed by atoms with van der Waals surface area (Å²) < 4.78 is 0. The highest BCUT2D eigenvalue weighted by atomic mass is 32.1. The number of carboxylic acid groups (broad SMARTS) is 1. The number of aliphatic carboxylic acids is 1. The number of unbranched alkanes of at least 4 members (excludes halogenated alkanes) is 1. The Morgan fingerprint density at radius 3 is 2.57 bits per heavy atom. The number of amides is 2. The Balaban J connectivity index is 0.000000216. The Labute approximate surface area is 189 Å². The normalized spacial score (nSPS) is 23.2. The maximum Gasteiger partial charge on any atom is 0.330 e. The third kappa shape index (κ3) is 5.58. The van der Waals surface area contributed by atoms with E-state index in [9.17, 15) is 14.4 Å². The van der Waals surface area contributed by atoms with Crippen molar-refractivity contribution in [3.05, 3.63) is 22.4 Å². The number of carbonyl (C=O) groups excluding carboxylic acids is 2. The van der Waals surface area contributed by atoms with Gasteiger partial charge in [0.2, 0.25) is 11.8 Å². The van der Waals surface area contributed by atoms with Crippen LogP contribution in [0, 0.1) is 0 Å². The second-order valence-corrected chi connectivity index (χ2v) is 9.00. The van der Waals surface area contributed by atoms with Crippen molar-refractivity contribution in [3.63, 3.8) is 0 Å². The average molecular weight is 455 g/mol. The van der Waals surface area contributed by atoms with E-state index in [4.69, 9.17) is 5.11 Å². The van der Waals surface area contributed by atoms with E-state index >= 15 is 0 Å². The topological polar surface area (TPSA) is 77.9 Å². The highest BCUT2D eigenvalue weighted by molar-refractivity contribution is 7.80. The van der Waals surface area contributed by atoms with Crippen molar-refractivity contribution in [1.82, 2.24) is 9.80 Å². The van der Waals surface area contributed by atoms with Crippen LogP contribution in [0.25, 0.3) is 0 Å². The standard InChI is InChI=1S/C13H19NOS.C9H15NO3S/c1-2-3-6-13(15)14-8-4-5-12(14)11-7-9-16-10-11;1-2-7(11)10-5-3-4-9(10,6-14)8(12)13/h7,9-10,12H,2-6,8H2,1H3;14H,2-6H2,1H3,(H,12,13). The van der Waals surface area contributed by atoms with Crippen LogP contribution in [0.4, 0.5) is 0 Å². The molecule has 2 aliphatic heterocycles. The van der Waals surface area contributed by atoms with Crippen LogP contribution in [0.5, 0.6) is 0 Å². The molecule has 2 unspecified atom stereocenters. The minimum atomic E-state index is -1.06. The number of carbonyl (C=O) groups is 3. The van der Waals surface area contributed by atoms with Crippen LogP contribution < -0.4 is 0 Å². The zero-order valence-corrected chi connectivity index (χ0v) is 19.7. The lowest BCUT2D eigenvalue weighted by Gasteiger charge is -2.33. The number of thiol groups is 1. The summed E-state index contributed by atoms with van der Waals surface area (Å²) in [5.74, 6) is -0.505. The summed E-state index contributed by atoms with van der Waals surface area (Å²) in [5, 5.41) is 13.4. The number of hydrogen-bond donors (Lipinski definition) is 2. The van der Waals surface area contributed by atoms with E-state index in [0.29, 0.717) is 31.3 Å². The maximum absolute atomic E-state index is 12.0. The summed E-state index contributed by atoms with van der Waals surface area (Å²) in [5.41, 5.74) is 0.267. The first-order valence-corrected chi connectivity index (χ1v) is 12.4. The second kappa shape index (κ2) is 11.7. The van der Waals surface area contributed by atoms with Crippen LogP contribution in [-0.4, -0.2) is 57.1 Å². The van der Waals surface area contributed by atoms with Crippen molar-refractivity contribution in [2.75, 3.05) is 18.8 Å². The van der Waals surface area contributed by atoms with Crippen LogP contribution in [0.2, 0.25) is 0 Å². The molecule has 0 aromatic carbocycles. The van der Waals surface area contributed by atoms with Gasteiger partial charge < -0.3 is 14.9 Å². The molecule has 30 heavy (non-hydrogen) atoms. The van der Waals surface area contributed by atoms with Crippen LogP contribution in [0.3, 0.4) is 0 Å². The van der Waals surface area contributed by atoms with E-state index in [-0.39, 0.29) is 11.7 Å². The quantitative estimate of drug-likeness (QED) is 0.600. The molecule has 0 saturated carbocycles. The summed E-state index contributed by atoms with van der Waals surface area (Å²) in [4.78, 5) is 38.2. The lowest BCUT2D eigenvalue weighted by atomic mass is 9.99. The molecule has 1 N–H and O–H groups in total. The van der Waals surface area contributed by atoms with Gasteiger partial charge in [0.15, 0.2) is 0 Å². The smallest absolute Gasteiger partial charge is 0.330 e.